The number of benzene rings is 2. The van der Waals surface area contributed by atoms with Crippen molar-refractivity contribution in [1.82, 2.24) is 4.98 Å². The van der Waals surface area contributed by atoms with Crippen molar-refractivity contribution in [3.8, 4) is 0 Å². The molecule has 4 nitrogen and oxygen atoms in total. The van der Waals surface area contributed by atoms with Gasteiger partial charge in [0.1, 0.15) is 5.82 Å². The van der Waals surface area contributed by atoms with Crippen molar-refractivity contribution in [3.63, 3.8) is 0 Å². The summed E-state index contributed by atoms with van der Waals surface area (Å²) in [5, 5.41) is 0.431. The lowest BCUT2D eigenvalue weighted by atomic mass is 10.2. The van der Waals surface area contributed by atoms with Crippen LogP contribution in [0.25, 0.3) is 10.2 Å². The van der Waals surface area contributed by atoms with Crippen LogP contribution < -0.4 is 4.72 Å². The number of aryl methyl sites for hydroxylation is 1. The topological polar surface area (TPSA) is 59.1 Å². The van der Waals surface area contributed by atoms with E-state index in [9.17, 15) is 12.8 Å². The minimum Gasteiger partial charge on any atom is -0.280 e. The Hall–Kier alpha value is -1.64. The predicted octanol–water partition coefficient (Wildman–Crippen LogP) is 5.05. The predicted molar refractivity (Wildman–Crippen MR) is 103 cm³/mol. The molecule has 0 amide bonds. The highest BCUT2D eigenvalue weighted by Crippen LogP contribution is 2.33. The number of thiazole rings is 1. The SMILES string of the molecule is Cc1cc(S(=O)(=O)Nc2ccc3nc(SC(C)C)sc3c2)ccc1F. The van der Waals surface area contributed by atoms with Crippen molar-refractivity contribution in [2.24, 2.45) is 0 Å². The molecule has 0 saturated carbocycles. The Morgan fingerprint density at radius 1 is 1.20 bits per heavy atom. The fourth-order valence-electron chi connectivity index (χ4n) is 2.22. The van der Waals surface area contributed by atoms with Gasteiger partial charge >= 0.3 is 0 Å². The summed E-state index contributed by atoms with van der Waals surface area (Å²) in [6.07, 6.45) is 0. The fourth-order valence-corrected chi connectivity index (χ4v) is 5.68. The molecule has 1 aromatic heterocycles. The van der Waals surface area contributed by atoms with E-state index in [4.69, 9.17) is 0 Å². The number of sulfonamides is 1. The molecule has 0 atom stereocenters. The van der Waals surface area contributed by atoms with Crippen molar-refractivity contribution in [2.45, 2.75) is 35.3 Å². The highest BCUT2D eigenvalue weighted by atomic mass is 32.2. The van der Waals surface area contributed by atoms with Gasteiger partial charge in [0.25, 0.3) is 10.0 Å². The first-order valence-electron chi connectivity index (χ1n) is 7.61. The van der Waals surface area contributed by atoms with Crippen LogP contribution in [0.1, 0.15) is 19.4 Å². The van der Waals surface area contributed by atoms with Crippen LogP contribution in [0.2, 0.25) is 0 Å². The lowest BCUT2D eigenvalue weighted by molar-refractivity contribution is 0.598. The molecular formula is C17H17FN2O2S3. The van der Waals surface area contributed by atoms with Crippen molar-refractivity contribution in [1.29, 1.82) is 0 Å². The van der Waals surface area contributed by atoms with E-state index in [-0.39, 0.29) is 10.5 Å². The number of rotatable bonds is 5. The van der Waals surface area contributed by atoms with E-state index in [0.29, 0.717) is 10.9 Å². The Kier molecular flexibility index (Phi) is 5.04. The van der Waals surface area contributed by atoms with Crippen molar-refractivity contribution < 1.29 is 12.8 Å². The molecule has 2 aromatic carbocycles. The van der Waals surface area contributed by atoms with Crippen LogP contribution in [0.4, 0.5) is 10.1 Å². The monoisotopic (exact) mass is 396 g/mol. The van der Waals surface area contributed by atoms with E-state index in [0.717, 1.165) is 20.6 Å². The summed E-state index contributed by atoms with van der Waals surface area (Å²) in [7, 11) is -3.77. The highest BCUT2D eigenvalue weighted by Gasteiger charge is 2.16. The maximum absolute atomic E-state index is 13.4. The van der Waals surface area contributed by atoms with Crippen LogP contribution in [-0.2, 0) is 10.0 Å². The van der Waals surface area contributed by atoms with Crippen molar-refractivity contribution in [3.05, 3.63) is 47.8 Å². The molecule has 132 valence electrons. The summed E-state index contributed by atoms with van der Waals surface area (Å²) in [6.45, 7) is 5.73. The summed E-state index contributed by atoms with van der Waals surface area (Å²) in [6, 6.07) is 8.98. The molecule has 0 aliphatic heterocycles. The Labute approximate surface area is 154 Å². The maximum Gasteiger partial charge on any atom is 0.261 e. The average molecular weight is 397 g/mol. The first-order valence-corrected chi connectivity index (χ1v) is 10.8. The van der Waals surface area contributed by atoms with Crippen molar-refractivity contribution in [2.75, 3.05) is 4.72 Å². The third-order valence-electron chi connectivity index (χ3n) is 3.40. The third-order valence-corrected chi connectivity index (χ3v) is 6.89. The van der Waals surface area contributed by atoms with Crippen LogP contribution in [-0.4, -0.2) is 18.7 Å². The molecule has 0 unspecified atom stereocenters. The number of nitrogens with zero attached hydrogens (tertiary/aromatic N) is 1. The van der Waals surface area contributed by atoms with Gasteiger partial charge in [-0.25, -0.2) is 17.8 Å². The number of anilines is 1. The Balaban J connectivity index is 1.89. The number of halogens is 1. The molecule has 0 radical (unpaired) electrons. The maximum atomic E-state index is 13.4. The minimum atomic E-state index is -3.77. The van der Waals surface area contributed by atoms with Gasteiger partial charge in [-0.15, -0.1) is 11.3 Å². The smallest absolute Gasteiger partial charge is 0.261 e. The number of nitrogens with one attached hydrogen (secondary N) is 1. The molecule has 0 spiro atoms. The van der Waals surface area contributed by atoms with Gasteiger partial charge < -0.3 is 0 Å². The van der Waals surface area contributed by atoms with Gasteiger partial charge in [0, 0.05) is 5.25 Å². The molecule has 0 fully saturated rings. The number of thioether (sulfide) groups is 1. The average Bonchev–Trinajstić information content (AvgIpc) is 2.90. The molecular weight excluding hydrogens is 379 g/mol. The number of hydrogen-bond donors (Lipinski definition) is 1. The largest absolute Gasteiger partial charge is 0.280 e. The molecule has 3 rings (SSSR count). The molecule has 25 heavy (non-hydrogen) atoms. The Morgan fingerprint density at radius 2 is 1.96 bits per heavy atom. The van der Waals surface area contributed by atoms with E-state index >= 15 is 0 Å². The van der Waals surface area contributed by atoms with Gasteiger partial charge in [-0.1, -0.05) is 25.6 Å². The van der Waals surface area contributed by atoms with Crippen LogP contribution in [0.5, 0.6) is 0 Å². The van der Waals surface area contributed by atoms with Crippen LogP contribution in [0, 0.1) is 12.7 Å². The highest BCUT2D eigenvalue weighted by molar-refractivity contribution is 8.01. The molecule has 1 N–H and O–H groups in total. The van der Waals surface area contributed by atoms with Gasteiger partial charge in [-0.2, -0.15) is 0 Å². The van der Waals surface area contributed by atoms with E-state index in [1.165, 1.54) is 30.4 Å². The molecule has 8 heteroatoms. The molecule has 1 heterocycles. The molecule has 0 aliphatic rings. The zero-order valence-electron chi connectivity index (χ0n) is 13.9. The van der Waals surface area contributed by atoms with E-state index < -0.39 is 15.8 Å². The molecule has 0 aliphatic carbocycles. The van der Waals surface area contributed by atoms with Gasteiger partial charge in [-0.3, -0.25) is 4.72 Å². The van der Waals surface area contributed by atoms with Crippen molar-refractivity contribution >= 4 is 49.0 Å². The minimum absolute atomic E-state index is 0.0341. The summed E-state index contributed by atoms with van der Waals surface area (Å²) in [4.78, 5) is 4.57. The molecule has 3 aromatic rings. The van der Waals surface area contributed by atoms with Crippen LogP contribution in [0.15, 0.2) is 45.6 Å². The van der Waals surface area contributed by atoms with Crippen LogP contribution in [0.3, 0.4) is 0 Å². The van der Waals surface area contributed by atoms with E-state index in [2.05, 4.69) is 23.6 Å². The standard InChI is InChI=1S/C17H17FN2O2S3/c1-10(2)23-17-19-15-7-4-12(9-16(15)24-17)20-25(21,22)13-5-6-14(18)11(3)8-13/h4-10,20H,1-3H3. The first-order chi connectivity index (χ1) is 11.7. The van der Waals surface area contributed by atoms with E-state index in [1.54, 1.807) is 30.0 Å². The number of hydrogen-bond acceptors (Lipinski definition) is 5. The second kappa shape index (κ2) is 6.93. The van der Waals surface area contributed by atoms with E-state index in [1.807, 2.05) is 0 Å². The Morgan fingerprint density at radius 3 is 2.64 bits per heavy atom. The van der Waals surface area contributed by atoms with Crippen LogP contribution >= 0.6 is 23.1 Å². The summed E-state index contributed by atoms with van der Waals surface area (Å²) < 4.78 is 42.8. The first kappa shape index (κ1) is 18.2. The molecule has 0 saturated heterocycles. The second-order valence-corrected chi connectivity index (χ2v) is 10.4. The lowest BCUT2D eigenvalue weighted by Crippen LogP contribution is -2.13. The number of aromatic nitrogens is 1. The number of fused-ring (bicyclic) bond motifs is 1. The zero-order valence-corrected chi connectivity index (χ0v) is 16.4. The van der Waals surface area contributed by atoms with Gasteiger partial charge in [0.05, 0.1) is 20.8 Å². The summed E-state index contributed by atoms with van der Waals surface area (Å²) in [5.74, 6) is -0.430. The van der Waals surface area contributed by atoms with Gasteiger partial charge in [-0.05, 0) is 48.9 Å². The van der Waals surface area contributed by atoms with Gasteiger partial charge in [0.2, 0.25) is 0 Å². The molecule has 0 bridgehead atoms. The lowest BCUT2D eigenvalue weighted by Gasteiger charge is -2.09. The summed E-state index contributed by atoms with van der Waals surface area (Å²) in [5.41, 5.74) is 1.59. The van der Waals surface area contributed by atoms with Gasteiger partial charge in [0.15, 0.2) is 4.34 Å². The zero-order chi connectivity index (χ0) is 18.2. The summed E-state index contributed by atoms with van der Waals surface area (Å²) >= 11 is 3.21. The normalized spacial score (nSPS) is 12.0. The third kappa shape index (κ3) is 4.13. The fraction of sp³-hybridized carbons (Fsp3) is 0.235. The Bertz CT molecular complexity index is 1030. The second-order valence-electron chi connectivity index (χ2n) is 5.85. The quantitative estimate of drug-likeness (QED) is 0.614.